The minimum atomic E-state index is -3.44. The highest BCUT2D eigenvalue weighted by molar-refractivity contribution is 7.89. The fraction of sp³-hybridized carbons (Fsp3) is 0.538. The van der Waals surface area contributed by atoms with Crippen molar-refractivity contribution >= 4 is 15.7 Å². The average Bonchev–Trinajstić information content (AvgIpc) is 3.22. The molecule has 0 unspecified atom stereocenters. The fourth-order valence-corrected chi connectivity index (χ4v) is 3.27. The van der Waals surface area contributed by atoms with Crippen LogP contribution in [0.15, 0.2) is 29.2 Å². The van der Waals surface area contributed by atoms with E-state index in [1.54, 1.807) is 25.2 Å². The normalized spacial score (nSPS) is 15.7. The van der Waals surface area contributed by atoms with Crippen molar-refractivity contribution in [1.29, 1.82) is 0 Å². The van der Waals surface area contributed by atoms with Crippen LogP contribution in [0.2, 0.25) is 0 Å². The zero-order valence-corrected chi connectivity index (χ0v) is 12.2. The Hall–Kier alpha value is -1.11. The Morgan fingerprint density at radius 3 is 2.63 bits per heavy atom. The number of sulfonamides is 1. The van der Waals surface area contributed by atoms with Gasteiger partial charge in [0.25, 0.3) is 0 Å². The van der Waals surface area contributed by atoms with Crippen molar-refractivity contribution in [3.05, 3.63) is 24.3 Å². The first kappa shape index (κ1) is 14.3. The summed E-state index contributed by atoms with van der Waals surface area (Å²) in [4.78, 5) is 2.50. The molecule has 1 fully saturated rings. The minimum Gasteiger partial charge on any atom is -0.387 e. The summed E-state index contributed by atoms with van der Waals surface area (Å²) in [7, 11) is 0.310. The lowest BCUT2D eigenvalue weighted by Crippen LogP contribution is -2.34. The second-order valence-corrected chi connectivity index (χ2v) is 6.59. The highest BCUT2D eigenvalue weighted by atomic mass is 32.2. The third-order valence-corrected chi connectivity index (χ3v) is 4.89. The van der Waals surface area contributed by atoms with Gasteiger partial charge in [-0.05, 0) is 32.0 Å². The summed E-state index contributed by atoms with van der Waals surface area (Å²) in [6, 6.07) is 7.55. The van der Waals surface area contributed by atoms with E-state index in [0.29, 0.717) is 23.2 Å². The Labute approximate surface area is 115 Å². The Kier molecular flexibility index (Phi) is 4.44. The largest absolute Gasteiger partial charge is 0.387 e. The van der Waals surface area contributed by atoms with Crippen molar-refractivity contribution < 1.29 is 8.42 Å². The molecule has 5 nitrogen and oxygen atoms in total. The number of hydrogen-bond donors (Lipinski definition) is 2. The maximum atomic E-state index is 12.2. The van der Waals surface area contributed by atoms with E-state index in [1.807, 2.05) is 13.1 Å². The standard InChI is InChI=1S/C13H21N3O2S/c1-14-12-5-3-4-6-13(12)19(17,18)15-9-10-16(2)11-7-8-11/h3-6,11,14-15H,7-10H2,1-2H3. The smallest absolute Gasteiger partial charge is 0.242 e. The van der Waals surface area contributed by atoms with Gasteiger partial charge >= 0.3 is 0 Å². The molecule has 0 aliphatic heterocycles. The molecule has 0 radical (unpaired) electrons. The first-order valence-electron chi connectivity index (χ1n) is 6.51. The van der Waals surface area contributed by atoms with E-state index >= 15 is 0 Å². The Morgan fingerprint density at radius 2 is 2.00 bits per heavy atom. The number of hydrogen-bond acceptors (Lipinski definition) is 4. The van der Waals surface area contributed by atoms with Crippen LogP contribution in [0.3, 0.4) is 0 Å². The summed E-state index contributed by atoms with van der Waals surface area (Å²) < 4.78 is 27.1. The minimum absolute atomic E-state index is 0.298. The predicted octanol–water partition coefficient (Wildman–Crippen LogP) is 1.10. The van der Waals surface area contributed by atoms with Crippen LogP contribution in [-0.2, 0) is 10.0 Å². The number of rotatable bonds is 7. The molecule has 0 amide bonds. The summed E-state index contributed by atoms with van der Waals surface area (Å²) in [6.07, 6.45) is 2.46. The molecule has 0 bridgehead atoms. The molecule has 1 aromatic carbocycles. The van der Waals surface area contributed by atoms with E-state index in [4.69, 9.17) is 0 Å². The van der Waals surface area contributed by atoms with E-state index in [2.05, 4.69) is 14.9 Å². The SMILES string of the molecule is CNc1ccccc1S(=O)(=O)NCCN(C)C1CC1. The lowest BCUT2D eigenvalue weighted by atomic mass is 10.3. The molecular weight excluding hydrogens is 262 g/mol. The molecule has 1 aromatic rings. The van der Waals surface area contributed by atoms with Crippen molar-refractivity contribution in [2.45, 2.75) is 23.8 Å². The van der Waals surface area contributed by atoms with Crippen LogP contribution in [0.1, 0.15) is 12.8 Å². The molecule has 0 aromatic heterocycles. The van der Waals surface area contributed by atoms with Crippen LogP contribution in [0, 0.1) is 0 Å². The molecule has 0 heterocycles. The summed E-state index contributed by atoms with van der Waals surface area (Å²) in [5, 5.41) is 2.90. The third kappa shape index (κ3) is 3.68. The molecule has 0 saturated heterocycles. The van der Waals surface area contributed by atoms with Gasteiger partial charge in [0, 0.05) is 26.2 Å². The van der Waals surface area contributed by atoms with Crippen LogP contribution in [-0.4, -0.2) is 46.5 Å². The quantitative estimate of drug-likeness (QED) is 0.787. The van der Waals surface area contributed by atoms with Crippen LogP contribution < -0.4 is 10.0 Å². The average molecular weight is 283 g/mol. The number of likely N-dealkylation sites (N-methyl/N-ethyl adjacent to an activating group) is 1. The van der Waals surface area contributed by atoms with Crippen LogP contribution in [0.25, 0.3) is 0 Å². The number of para-hydroxylation sites is 1. The molecule has 1 saturated carbocycles. The molecule has 1 aliphatic rings. The van der Waals surface area contributed by atoms with Gasteiger partial charge in [0.1, 0.15) is 4.90 Å². The first-order valence-corrected chi connectivity index (χ1v) is 7.99. The van der Waals surface area contributed by atoms with Gasteiger partial charge in [0.05, 0.1) is 5.69 Å². The predicted molar refractivity (Wildman–Crippen MR) is 76.8 cm³/mol. The van der Waals surface area contributed by atoms with Gasteiger partial charge in [-0.3, -0.25) is 0 Å². The van der Waals surface area contributed by atoms with E-state index < -0.39 is 10.0 Å². The highest BCUT2D eigenvalue weighted by Crippen LogP contribution is 2.24. The van der Waals surface area contributed by atoms with Gasteiger partial charge in [-0.2, -0.15) is 0 Å². The summed E-state index contributed by atoms with van der Waals surface area (Å²) in [5.74, 6) is 0. The first-order chi connectivity index (χ1) is 9.04. The van der Waals surface area contributed by atoms with Gasteiger partial charge in [-0.15, -0.1) is 0 Å². The van der Waals surface area contributed by atoms with Gasteiger partial charge in [-0.25, -0.2) is 13.1 Å². The van der Waals surface area contributed by atoms with E-state index in [9.17, 15) is 8.42 Å². The van der Waals surface area contributed by atoms with Gasteiger partial charge in [0.15, 0.2) is 0 Å². The number of anilines is 1. The molecule has 2 rings (SSSR count). The number of benzene rings is 1. The highest BCUT2D eigenvalue weighted by Gasteiger charge is 2.26. The number of nitrogens with one attached hydrogen (secondary N) is 2. The van der Waals surface area contributed by atoms with E-state index in [-0.39, 0.29) is 0 Å². The van der Waals surface area contributed by atoms with Crippen molar-refractivity contribution in [2.24, 2.45) is 0 Å². The molecule has 0 atom stereocenters. The fourth-order valence-electron chi connectivity index (χ4n) is 2.04. The lowest BCUT2D eigenvalue weighted by Gasteiger charge is -2.16. The van der Waals surface area contributed by atoms with Gasteiger partial charge in [-0.1, -0.05) is 12.1 Å². The second-order valence-electron chi connectivity index (χ2n) is 4.86. The lowest BCUT2D eigenvalue weighted by molar-refractivity contribution is 0.329. The van der Waals surface area contributed by atoms with Gasteiger partial charge in [0.2, 0.25) is 10.0 Å². The van der Waals surface area contributed by atoms with Crippen molar-refractivity contribution in [3.63, 3.8) is 0 Å². The molecular formula is C13H21N3O2S. The Bertz CT molecular complexity index is 526. The second kappa shape index (κ2) is 5.90. The number of nitrogens with zero attached hydrogens (tertiary/aromatic N) is 1. The van der Waals surface area contributed by atoms with Gasteiger partial charge < -0.3 is 10.2 Å². The van der Waals surface area contributed by atoms with Crippen LogP contribution in [0.5, 0.6) is 0 Å². The topological polar surface area (TPSA) is 61.4 Å². The monoisotopic (exact) mass is 283 g/mol. The van der Waals surface area contributed by atoms with E-state index in [0.717, 1.165) is 6.54 Å². The van der Waals surface area contributed by atoms with E-state index in [1.165, 1.54) is 12.8 Å². The molecule has 0 spiro atoms. The molecule has 1 aliphatic carbocycles. The maximum Gasteiger partial charge on any atom is 0.242 e. The zero-order chi connectivity index (χ0) is 13.9. The molecule has 2 N–H and O–H groups in total. The van der Waals surface area contributed by atoms with Crippen molar-refractivity contribution in [3.8, 4) is 0 Å². The Balaban J connectivity index is 1.97. The van der Waals surface area contributed by atoms with Crippen LogP contribution >= 0.6 is 0 Å². The summed E-state index contributed by atoms with van der Waals surface area (Å²) in [5.41, 5.74) is 0.616. The maximum absolute atomic E-state index is 12.2. The summed E-state index contributed by atoms with van der Waals surface area (Å²) in [6.45, 7) is 1.18. The molecule has 19 heavy (non-hydrogen) atoms. The van der Waals surface area contributed by atoms with Crippen LogP contribution in [0.4, 0.5) is 5.69 Å². The molecule has 6 heteroatoms. The van der Waals surface area contributed by atoms with Crippen molar-refractivity contribution in [2.75, 3.05) is 32.5 Å². The third-order valence-electron chi connectivity index (χ3n) is 3.37. The Morgan fingerprint density at radius 1 is 1.32 bits per heavy atom. The zero-order valence-electron chi connectivity index (χ0n) is 11.4. The summed E-state index contributed by atoms with van der Waals surface area (Å²) >= 11 is 0. The molecule has 106 valence electrons. The van der Waals surface area contributed by atoms with Crippen molar-refractivity contribution in [1.82, 2.24) is 9.62 Å².